The Morgan fingerprint density at radius 3 is 2.39 bits per heavy atom. The molecule has 0 atom stereocenters. The average Bonchev–Trinajstić information content (AvgIpc) is 3.19. The van der Waals surface area contributed by atoms with Gasteiger partial charge in [0.15, 0.2) is 5.65 Å². The number of hydrogen-bond donors (Lipinski definition) is 2. The van der Waals surface area contributed by atoms with Crippen molar-refractivity contribution in [1.29, 1.82) is 0 Å². The Bertz CT molecular complexity index is 1340. The van der Waals surface area contributed by atoms with Gasteiger partial charge in [-0.1, -0.05) is 42.5 Å². The van der Waals surface area contributed by atoms with E-state index in [1.807, 2.05) is 36.4 Å². The first-order chi connectivity index (χ1) is 15.2. The SMILES string of the molecule is NCCc1ccc(-n2c(-c3ccncc3N)nc3ccc(-c4ccccc4)nc32)cc1. The number of nitrogens with zero attached hydrogens (tertiary/aromatic N) is 4. The number of pyridine rings is 2. The maximum absolute atomic E-state index is 6.26. The van der Waals surface area contributed by atoms with Gasteiger partial charge >= 0.3 is 0 Å². The molecule has 5 rings (SSSR count). The molecule has 0 unspecified atom stereocenters. The molecule has 31 heavy (non-hydrogen) atoms. The summed E-state index contributed by atoms with van der Waals surface area (Å²) in [6, 6.07) is 24.3. The zero-order chi connectivity index (χ0) is 21.2. The van der Waals surface area contributed by atoms with Crippen molar-refractivity contribution in [3.8, 4) is 28.3 Å². The number of hydrogen-bond acceptors (Lipinski definition) is 5. The van der Waals surface area contributed by atoms with Gasteiger partial charge in [0, 0.05) is 23.0 Å². The predicted molar refractivity (Wildman–Crippen MR) is 125 cm³/mol. The number of nitrogens with two attached hydrogens (primary N) is 2. The molecule has 6 nitrogen and oxygen atoms in total. The summed E-state index contributed by atoms with van der Waals surface area (Å²) in [6.45, 7) is 0.619. The van der Waals surface area contributed by atoms with Crippen molar-refractivity contribution in [2.75, 3.05) is 12.3 Å². The lowest BCUT2D eigenvalue weighted by Gasteiger charge is -2.11. The highest BCUT2D eigenvalue weighted by atomic mass is 15.1. The molecule has 0 saturated heterocycles. The maximum Gasteiger partial charge on any atom is 0.165 e. The molecule has 0 aliphatic heterocycles. The Morgan fingerprint density at radius 2 is 1.65 bits per heavy atom. The first-order valence-corrected chi connectivity index (χ1v) is 10.2. The highest BCUT2D eigenvalue weighted by Gasteiger charge is 2.18. The third-order valence-electron chi connectivity index (χ3n) is 5.29. The van der Waals surface area contributed by atoms with E-state index in [0.29, 0.717) is 12.2 Å². The minimum atomic E-state index is 0.571. The van der Waals surface area contributed by atoms with Gasteiger partial charge in [-0.2, -0.15) is 0 Å². The van der Waals surface area contributed by atoms with Gasteiger partial charge in [-0.05, 0) is 48.9 Å². The molecule has 4 N–H and O–H groups in total. The van der Waals surface area contributed by atoms with Crippen molar-refractivity contribution >= 4 is 16.9 Å². The van der Waals surface area contributed by atoms with Gasteiger partial charge in [-0.15, -0.1) is 0 Å². The summed E-state index contributed by atoms with van der Waals surface area (Å²) in [6.07, 6.45) is 4.21. The number of fused-ring (bicyclic) bond motifs is 1. The van der Waals surface area contributed by atoms with Gasteiger partial charge in [0.25, 0.3) is 0 Å². The topological polar surface area (TPSA) is 95.6 Å². The summed E-state index contributed by atoms with van der Waals surface area (Å²) in [4.78, 5) is 14.0. The van der Waals surface area contributed by atoms with Crippen molar-refractivity contribution in [3.63, 3.8) is 0 Å². The quantitative estimate of drug-likeness (QED) is 0.455. The van der Waals surface area contributed by atoms with Crippen molar-refractivity contribution in [2.45, 2.75) is 6.42 Å². The molecule has 5 aromatic rings. The Kier molecular flexibility index (Phi) is 4.90. The first-order valence-electron chi connectivity index (χ1n) is 10.2. The molecule has 0 amide bonds. The summed E-state index contributed by atoms with van der Waals surface area (Å²) in [5.41, 5.74) is 19.0. The molecule has 2 aromatic carbocycles. The number of anilines is 1. The third-order valence-corrected chi connectivity index (χ3v) is 5.29. The molecular formula is C25H22N6. The van der Waals surface area contributed by atoms with Crippen LogP contribution in [0.25, 0.3) is 39.5 Å². The first kappa shape index (κ1) is 19.0. The van der Waals surface area contributed by atoms with Crippen molar-refractivity contribution in [1.82, 2.24) is 19.5 Å². The number of nitrogen functional groups attached to an aromatic ring is 1. The van der Waals surface area contributed by atoms with Gasteiger partial charge in [-0.3, -0.25) is 9.55 Å². The van der Waals surface area contributed by atoms with Crippen LogP contribution in [0.5, 0.6) is 0 Å². The van der Waals surface area contributed by atoms with Crippen molar-refractivity contribution in [2.24, 2.45) is 5.73 Å². The number of aromatic nitrogens is 4. The highest BCUT2D eigenvalue weighted by molar-refractivity contribution is 5.85. The van der Waals surface area contributed by atoms with Crippen LogP contribution >= 0.6 is 0 Å². The van der Waals surface area contributed by atoms with Crippen molar-refractivity contribution in [3.05, 3.63) is 90.8 Å². The molecule has 0 bridgehead atoms. The molecule has 3 heterocycles. The van der Waals surface area contributed by atoms with Gasteiger partial charge in [0.05, 0.1) is 17.6 Å². The third kappa shape index (κ3) is 3.53. The molecule has 0 spiro atoms. The summed E-state index contributed by atoms with van der Waals surface area (Å²) >= 11 is 0. The monoisotopic (exact) mass is 406 g/mol. The average molecular weight is 406 g/mol. The van der Waals surface area contributed by atoms with Crippen LogP contribution in [-0.2, 0) is 6.42 Å². The van der Waals surface area contributed by atoms with E-state index in [1.165, 1.54) is 5.56 Å². The largest absolute Gasteiger partial charge is 0.397 e. The van der Waals surface area contributed by atoms with Crippen molar-refractivity contribution < 1.29 is 0 Å². The molecule has 0 fully saturated rings. The minimum absolute atomic E-state index is 0.571. The van der Waals surface area contributed by atoms with E-state index in [-0.39, 0.29) is 0 Å². The van der Waals surface area contributed by atoms with E-state index < -0.39 is 0 Å². The zero-order valence-electron chi connectivity index (χ0n) is 16.9. The van der Waals surface area contributed by atoms with Gasteiger partial charge in [-0.25, -0.2) is 9.97 Å². The molecule has 0 aliphatic carbocycles. The number of benzene rings is 2. The molecule has 152 valence electrons. The van der Waals surface area contributed by atoms with Crippen LogP contribution in [0.1, 0.15) is 5.56 Å². The van der Waals surface area contributed by atoms with E-state index in [2.05, 4.69) is 45.9 Å². The van der Waals surface area contributed by atoms with Crippen LogP contribution in [0, 0.1) is 0 Å². The zero-order valence-corrected chi connectivity index (χ0v) is 16.9. The number of rotatable bonds is 5. The summed E-state index contributed by atoms with van der Waals surface area (Å²) in [5, 5.41) is 0. The van der Waals surface area contributed by atoms with E-state index in [4.69, 9.17) is 21.4 Å². The predicted octanol–water partition coefficient (Wildman–Crippen LogP) is 4.23. The fraction of sp³-hybridized carbons (Fsp3) is 0.0800. The number of imidazole rings is 1. The maximum atomic E-state index is 6.26. The molecule has 0 radical (unpaired) electrons. The summed E-state index contributed by atoms with van der Waals surface area (Å²) in [7, 11) is 0. The minimum Gasteiger partial charge on any atom is -0.397 e. The van der Waals surface area contributed by atoms with E-state index in [1.54, 1.807) is 12.4 Å². The van der Waals surface area contributed by atoms with Crippen LogP contribution < -0.4 is 11.5 Å². The second-order valence-electron chi connectivity index (χ2n) is 7.34. The second-order valence-corrected chi connectivity index (χ2v) is 7.34. The van der Waals surface area contributed by atoms with E-state index >= 15 is 0 Å². The fourth-order valence-corrected chi connectivity index (χ4v) is 3.74. The van der Waals surface area contributed by atoms with Crippen LogP contribution in [0.2, 0.25) is 0 Å². The van der Waals surface area contributed by atoms with Gasteiger partial charge < -0.3 is 11.5 Å². The fourth-order valence-electron chi connectivity index (χ4n) is 3.74. The normalized spacial score (nSPS) is 11.1. The molecule has 0 saturated carbocycles. The lowest BCUT2D eigenvalue weighted by molar-refractivity contribution is 0.965. The van der Waals surface area contributed by atoms with Crippen LogP contribution in [-0.4, -0.2) is 26.1 Å². The smallest absolute Gasteiger partial charge is 0.165 e. The lowest BCUT2D eigenvalue weighted by Crippen LogP contribution is -2.04. The standard InChI is InChI=1S/C25H22N6/c26-14-12-17-6-8-19(9-7-17)31-24(20-13-15-28-16-21(20)27)30-23-11-10-22(29-25(23)31)18-4-2-1-3-5-18/h1-11,13,15-16H,12,14,26-27H2. The summed E-state index contributed by atoms with van der Waals surface area (Å²) < 4.78 is 2.06. The van der Waals surface area contributed by atoms with Gasteiger partial charge in [0.2, 0.25) is 0 Å². The van der Waals surface area contributed by atoms with E-state index in [0.717, 1.165) is 45.9 Å². The van der Waals surface area contributed by atoms with E-state index in [9.17, 15) is 0 Å². The molecule has 6 heteroatoms. The second kappa shape index (κ2) is 8.01. The van der Waals surface area contributed by atoms with Crippen LogP contribution in [0.3, 0.4) is 0 Å². The lowest BCUT2D eigenvalue weighted by atomic mass is 10.1. The Balaban J connectivity index is 1.76. The van der Waals surface area contributed by atoms with Crippen LogP contribution in [0.4, 0.5) is 5.69 Å². The van der Waals surface area contributed by atoms with Crippen LogP contribution in [0.15, 0.2) is 85.2 Å². The summed E-state index contributed by atoms with van der Waals surface area (Å²) in [5.74, 6) is 0.735. The Hall–Kier alpha value is -4.03. The van der Waals surface area contributed by atoms with Gasteiger partial charge in [0.1, 0.15) is 11.3 Å². The molecule has 3 aromatic heterocycles. The molecule has 0 aliphatic rings. The Morgan fingerprint density at radius 1 is 0.839 bits per heavy atom. The molecular weight excluding hydrogens is 384 g/mol. The Labute approximate surface area is 180 Å². The highest BCUT2D eigenvalue weighted by Crippen LogP contribution is 2.32.